The van der Waals surface area contributed by atoms with Crippen LogP contribution in [0.3, 0.4) is 0 Å². The summed E-state index contributed by atoms with van der Waals surface area (Å²) in [5, 5.41) is 3.08. The standard InChI is InChI=1S/C14H24ClNO2/c1-2-18-12-7-11(8-12)9-13(17)16-10-14(3-4-14)5-6-15/h11-12H,2-10H2,1H3,(H,16,17). The summed E-state index contributed by atoms with van der Waals surface area (Å²) in [5.41, 5.74) is 0.338. The van der Waals surface area contributed by atoms with Gasteiger partial charge in [-0.05, 0) is 50.4 Å². The highest BCUT2D eigenvalue weighted by molar-refractivity contribution is 6.17. The van der Waals surface area contributed by atoms with E-state index in [2.05, 4.69) is 5.32 Å². The van der Waals surface area contributed by atoms with Crippen LogP contribution in [0.1, 0.15) is 45.4 Å². The number of alkyl halides is 1. The molecule has 0 aromatic heterocycles. The van der Waals surface area contributed by atoms with Gasteiger partial charge in [0.15, 0.2) is 0 Å². The van der Waals surface area contributed by atoms with E-state index in [0.29, 0.717) is 29.7 Å². The molecule has 104 valence electrons. The van der Waals surface area contributed by atoms with Gasteiger partial charge in [-0.3, -0.25) is 4.79 Å². The van der Waals surface area contributed by atoms with E-state index in [9.17, 15) is 4.79 Å². The highest BCUT2D eigenvalue weighted by atomic mass is 35.5. The Kier molecular flexibility index (Phi) is 4.91. The van der Waals surface area contributed by atoms with Gasteiger partial charge in [-0.2, -0.15) is 0 Å². The van der Waals surface area contributed by atoms with Crippen molar-refractivity contribution in [3.63, 3.8) is 0 Å². The first kappa shape index (κ1) is 14.1. The van der Waals surface area contributed by atoms with E-state index < -0.39 is 0 Å². The highest BCUT2D eigenvalue weighted by Crippen LogP contribution is 2.48. The van der Waals surface area contributed by atoms with Gasteiger partial charge >= 0.3 is 0 Å². The predicted octanol–water partition coefficient (Wildman–Crippen LogP) is 2.72. The minimum Gasteiger partial charge on any atom is -0.378 e. The van der Waals surface area contributed by atoms with Crippen LogP contribution in [0.25, 0.3) is 0 Å². The fraction of sp³-hybridized carbons (Fsp3) is 0.929. The van der Waals surface area contributed by atoms with Crippen molar-refractivity contribution in [1.29, 1.82) is 0 Å². The van der Waals surface area contributed by atoms with Crippen molar-refractivity contribution in [3.8, 4) is 0 Å². The number of nitrogens with one attached hydrogen (secondary N) is 1. The number of carbonyl (C=O) groups excluding carboxylic acids is 1. The molecular formula is C14H24ClNO2. The number of carbonyl (C=O) groups is 1. The fourth-order valence-corrected chi connectivity index (χ4v) is 3.13. The van der Waals surface area contributed by atoms with Crippen LogP contribution in [-0.2, 0) is 9.53 Å². The normalized spacial score (nSPS) is 28.6. The molecule has 2 saturated carbocycles. The van der Waals surface area contributed by atoms with Crippen LogP contribution in [0.5, 0.6) is 0 Å². The van der Waals surface area contributed by atoms with Crippen molar-refractivity contribution in [2.24, 2.45) is 11.3 Å². The second-order valence-corrected chi connectivity index (χ2v) is 6.21. The molecule has 0 aliphatic heterocycles. The summed E-state index contributed by atoms with van der Waals surface area (Å²) in [6.45, 7) is 3.62. The molecule has 1 amide bonds. The van der Waals surface area contributed by atoms with Gasteiger partial charge in [0.25, 0.3) is 0 Å². The zero-order chi connectivity index (χ0) is 13.0. The van der Waals surface area contributed by atoms with Crippen LogP contribution in [0, 0.1) is 11.3 Å². The first-order valence-corrected chi connectivity index (χ1v) is 7.65. The Morgan fingerprint density at radius 2 is 2.17 bits per heavy atom. The molecule has 2 rings (SSSR count). The Bertz CT molecular complexity index is 286. The zero-order valence-corrected chi connectivity index (χ0v) is 12.0. The molecule has 0 aromatic carbocycles. The Balaban J connectivity index is 1.56. The van der Waals surface area contributed by atoms with Gasteiger partial charge in [0.05, 0.1) is 6.10 Å². The van der Waals surface area contributed by atoms with E-state index in [0.717, 1.165) is 32.4 Å². The molecule has 0 heterocycles. The van der Waals surface area contributed by atoms with E-state index in [1.165, 1.54) is 12.8 Å². The smallest absolute Gasteiger partial charge is 0.220 e. The third-order valence-electron chi connectivity index (χ3n) is 4.31. The predicted molar refractivity (Wildman–Crippen MR) is 72.8 cm³/mol. The summed E-state index contributed by atoms with van der Waals surface area (Å²) >= 11 is 5.78. The molecule has 0 unspecified atom stereocenters. The molecule has 0 aromatic rings. The van der Waals surface area contributed by atoms with Gasteiger partial charge in [-0.1, -0.05) is 0 Å². The number of hydrogen-bond acceptors (Lipinski definition) is 2. The molecule has 0 bridgehead atoms. The minimum absolute atomic E-state index is 0.204. The van der Waals surface area contributed by atoms with E-state index >= 15 is 0 Å². The second-order valence-electron chi connectivity index (χ2n) is 5.83. The molecule has 18 heavy (non-hydrogen) atoms. The maximum Gasteiger partial charge on any atom is 0.220 e. The lowest BCUT2D eigenvalue weighted by molar-refractivity contribution is -0.124. The number of halogens is 1. The third kappa shape index (κ3) is 3.86. The summed E-state index contributed by atoms with van der Waals surface area (Å²) < 4.78 is 5.50. The van der Waals surface area contributed by atoms with Crippen molar-refractivity contribution in [2.75, 3.05) is 19.0 Å². The van der Waals surface area contributed by atoms with Crippen LogP contribution < -0.4 is 5.32 Å². The zero-order valence-electron chi connectivity index (χ0n) is 11.2. The van der Waals surface area contributed by atoms with Gasteiger partial charge in [-0.25, -0.2) is 0 Å². The Labute approximate surface area is 115 Å². The summed E-state index contributed by atoms with van der Waals surface area (Å²) in [7, 11) is 0. The van der Waals surface area contributed by atoms with Gasteiger partial charge < -0.3 is 10.1 Å². The summed E-state index contributed by atoms with van der Waals surface area (Å²) in [4.78, 5) is 11.8. The average Bonchev–Trinajstić information content (AvgIpc) is 3.05. The topological polar surface area (TPSA) is 38.3 Å². The molecule has 4 heteroatoms. The Morgan fingerprint density at radius 1 is 1.44 bits per heavy atom. The minimum atomic E-state index is 0.204. The maximum absolute atomic E-state index is 11.8. The molecule has 1 N–H and O–H groups in total. The van der Waals surface area contributed by atoms with Crippen LogP contribution >= 0.6 is 11.6 Å². The summed E-state index contributed by atoms with van der Waals surface area (Å²) in [5.74, 6) is 1.44. The first-order valence-electron chi connectivity index (χ1n) is 7.12. The molecule has 0 atom stereocenters. The molecule has 2 fully saturated rings. The molecule has 2 aliphatic carbocycles. The number of rotatable bonds is 8. The van der Waals surface area contributed by atoms with Crippen molar-refractivity contribution >= 4 is 17.5 Å². The second kappa shape index (κ2) is 6.25. The maximum atomic E-state index is 11.8. The largest absolute Gasteiger partial charge is 0.378 e. The first-order chi connectivity index (χ1) is 8.67. The quantitative estimate of drug-likeness (QED) is 0.691. The Hall–Kier alpha value is -0.280. The van der Waals surface area contributed by atoms with Gasteiger partial charge in [0.1, 0.15) is 0 Å². The Morgan fingerprint density at radius 3 is 2.72 bits per heavy atom. The van der Waals surface area contributed by atoms with Crippen LogP contribution in [0.4, 0.5) is 0 Å². The van der Waals surface area contributed by atoms with Crippen molar-refractivity contribution in [1.82, 2.24) is 5.32 Å². The molecule has 0 spiro atoms. The van der Waals surface area contributed by atoms with E-state index in [1.807, 2.05) is 6.92 Å². The van der Waals surface area contributed by atoms with Gasteiger partial charge in [-0.15, -0.1) is 11.6 Å². The monoisotopic (exact) mass is 273 g/mol. The van der Waals surface area contributed by atoms with Crippen LogP contribution in [0.2, 0.25) is 0 Å². The van der Waals surface area contributed by atoms with Crippen molar-refractivity contribution in [3.05, 3.63) is 0 Å². The van der Waals surface area contributed by atoms with Crippen LogP contribution in [0.15, 0.2) is 0 Å². The van der Waals surface area contributed by atoms with Crippen molar-refractivity contribution < 1.29 is 9.53 Å². The lowest BCUT2D eigenvalue weighted by atomic mass is 9.80. The van der Waals surface area contributed by atoms with Gasteiger partial charge in [0, 0.05) is 25.5 Å². The van der Waals surface area contributed by atoms with E-state index in [-0.39, 0.29) is 5.91 Å². The fourth-order valence-electron chi connectivity index (χ4n) is 2.73. The molecule has 3 nitrogen and oxygen atoms in total. The van der Waals surface area contributed by atoms with Crippen molar-refractivity contribution in [2.45, 2.75) is 51.6 Å². The van der Waals surface area contributed by atoms with E-state index in [1.54, 1.807) is 0 Å². The number of ether oxygens (including phenoxy) is 1. The summed E-state index contributed by atoms with van der Waals surface area (Å²) in [6, 6.07) is 0. The molecular weight excluding hydrogens is 250 g/mol. The SMILES string of the molecule is CCOC1CC(CC(=O)NCC2(CCCl)CC2)C1. The number of hydrogen-bond donors (Lipinski definition) is 1. The molecule has 0 saturated heterocycles. The average molecular weight is 274 g/mol. The highest BCUT2D eigenvalue weighted by Gasteiger charge is 2.42. The molecule has 2 aliphatic rings. The lowest BCUT2D eigenvalue weighted by Gasteiger charge is -2.34. The number of amides is 1. The third-order valence-corrected chi connectivity index (χ3v) is 4.50. The van der Waals surface area contributed by atoms with E-state index in [4.69, 9.17) is 16.3 Å². The lowest BCUT2D eigenvalue weighted by Crippen LogP contribution is -2.37. The molecule has 0 radical (unpaired) electrons. The van der Waals surface area contributed by atoms with Crippen LogP contribution in [-0.4, -0.2) is 31.0 Å². The summed E-state index contributed by atoms with van der Waals surface area (Å²) in [6.07, 6.45) is 6.64. The van der Waals surface area contributed by atoms with Gasteiger partial charge in [0.2, 0.25) is 5.91 Å².